The standard InChI is InChI=1S/C41H25N3O/c1-2-9-26(10-3-1)29-18-19-31-25-33(22-20-30(31)23-29)40-42-39(32-21-17-27-11-4-5-12-28(27)24-32)43-41(44-40)35-14-8-16-37-38(35)34-13-6-7-15-36(34)45-37/h1-25H/i1D,2D,3D,6D,9D,10D,14D,15D. The Labute approximate surface area is 270 Å². The van der Waals surface area contributed by atoms with Gasteiger partial charge in [0.1, 0.15) is 11.2 Å². The van der Waals surface area contributed by atoms with Crippen LogP contribution in [0.1, 0.15) is 11.0 Å². The van der Waals surface area contributed by atoms with E-state index < -0.39 is 6.04 Å². The molecule has 0 aliphatic carbocycles. The fourth-order valence-corrected chi connectivity index (χ4v) is 5.77. The Morgan fingerprint density at radius 3 is 1.87 bits per heavy atom. The molecule has 9 aromatic rings. The fourth-order valence-electron chi connectivity index (χ4n) is 5.77. The van der Waals surface area contributed by atoms with E-state index in [1.165, 1.54) is 6.07 Å². The van der Waals surface area contributed by atoms with Crippen molar-refractivity contribution in [2.45, 2.75) is 0 Å². The van der Waals surface area contributed by atoms with Gasteiger partial charge in [0.15, 0.2) is 17.5 Å². The Hall–Kier alpha value is -6.13. The van der Waals surface area contributed by atoms with Crippen LogP contribution in [0, 0.1) is 0 Å². The molecule has 9 rings (SSSR count). The van der Waals surface area contributed by atoms with Gasteiger partial charge in [-0.1, -0.05) is 121 Å². The van der Waals surface area contributed by atoms with Crippen LogP contribution in [0.15, 0.2) is 156 Å². The summed E-state index contributed by atoms with van der Waals surface area (Å²) in [4.78, 5) is 14.8. The average Bonchev–Trinajstić information content (AvgIpc) is 3.54. The summed E-state index contributed by atoms with van der Waals surface area (Å²) in [6.45, 7) is 0. The Morgan fingerprint density at radius 2 is 1.09 bits per heavy atom. The molecule has 4 heteroatoms. The van der Waals surface area contributed by atoms with E-state index in [0.717, 1.165) is 27.1 Å². The van der Waals surface area contributed by atoms with Gasteiger partial charge in [0.05, 0.1) is 11.0 Å². The molecule has 0 radical (unpaired) electrons. The fraction of sp³-hybridized carbons (Fsp3) is 0. The maximum Gasteiger partial charge on any atom is 0.164 e. The summed E-state index contributed by atoms with van der Waals surface area (Å²) < 4.78 is 73.0. The summed E-state index contributed by atoms with van der Waals surface area (Å²) in [6, 6.07) is 29.9. The highest BCUT2D eigenvalue weighted by atomic mass is 16.3. The van der Waals surface area contributed by atoms with Gasteiger partial charge in [-0.2, -0.15) is 0 Å². The molecule has 4 nitrogen and oxygen atoms in total. The first kappa shape index (κ1) is 18.5. The number of benzene rings is 7. The Kier molecular flexibility index (Phi) is 4.22. The monoisotopic (exact) mass is 583 g/mol. The number of aromatic nitrogens is 3. The van der Waals surface area contributed by atoms with E-state index in [2.05, 4.69) is 0 Å². The molecule has 7 aromatic carbocycles. The van der Waals surface area contributed by atoms with E-state index >= 15 is 0 Å². The van der Waals surface area contributed by atoms with Gasteiger partial charge in [-0.25, -0.2) is 15.0 Å². The molecule has 210 valence electrons. The molecule has 0 atom stereocenters. The van der Waals surface area contributed by atoms with Crippen molar-refractivity contribution in [3.63, 3.8) is 0 Å². The topological polar surface area (TPSA) is 51.8 Å². The number of hydrogen-bond acceptors (Lipinski definition) is 4. The van der Waals surface area contributed by atoms with Crippen LogP contribution in [-0.2, 0) is 0 Å². The molecule has 0 saturated carbocycles. The minimum absolute atomic E-state index is 0.0697. The second-order valence-corrected chi connectivity index (χ2v) is 10.7. The number of furan rings is 1. The van der Waals surface area contributed by atoms with Crippen molar-refractivity contribution in [1.82, 2.24) is 15.0 Å². The van der Waals surface area contributed by atoms with Crippen LogP contribution in [-0.4, -0.2) is 15.0 Å². The molecule has 2 heterocycles. The maximum absolute atomic E-state index is 9.04. The molecule has 45 heavy (non-hydrogen) atoms. The second-order valence-electron chi connectivity index (χ2n) is 10.7. The first-order chi connectivity index (χ1) is 25.5. The quantitative estimate of drug-likeness (QED) is 0.207. The van der Waals surface area contributed by atoms with Crippen molar-refractivity contribution in [3.05, 3.63) is 151 Å². The van der Waals surface area contributed by atoms with Crippen LogP contribution in [0.25, 0.3) is 88.8 Å². The number of para-hydroxylation sites is 1. The summed E-state index contributed by atoms with van der Waals surface area (Å²) in [6.07, 6.45) is 0. The van der Waals surface area contributed by atoms with E-state index in [0.29, 0.717) is 50.3 Å². The largest absolute Gasteiger partial charge is 0.456 e. The van der Waals surface area contributed by atoms with Gasteiger partial charge in [0, 0.05) is 27.5 Å². The molecule has 0 aliphatic rings. The average molecular weight is 584 g/mol. The Bertz CT molecular complexity index is 2990. The van der Waals surface area contributed by atoms with Gasteiger partial charge in [0.25, 0.3) is 0 Å². The van der Waals surface area contributed by atoms with Crippen molar-refractivity contribution < 1.29 is 15.4 Å². The van der Waals surface area contributed by atoms with Gasteiger partial charge in [-0.3, -0.25) is 0 Å². The number of nitrogens with zero attached hydrogens (tertiary/aromatic N) is 3. The van der Waals surface area contributed by atoms with Crippen LogP contribution >= 0.6 is 0 Å². The third kappa shape index (κ3) is 4.43. The Morgan fingerprint density at radius 1 is 0.444 bits per heavy atom. The van der Waals surface area contributed by atoms with Crippen LogP contribution in [0.5, 0.6) is 0 Å². The predicted octanol–water partition coefficient (Wildman–Crippen LogP) is 10.7. The molecular formula is C41H25N3O. The summed E-state index contributed by atoms with van der Waals surface area (Å²) in [5.41, 5.74) is 3.18. The van der Waals surface area contributed by atoms with Crippen molar-refractivity contribution in [2.75, 3.05) is 0 Å². The van der Waals surface area contributed by atoms with E-state index in [9.17, 15) is 0 Å². The third-order valence-electron chi connectivity index (χ3n) is 7.95. The zero-order chi connectivity index (χ0) is 36.7. The molecule has 0 saturated heterocycles. The highest BCUT2D eigenvalue weighted by Crippen LogP contribution is 2.37. The lowest BCUT2D eigenvalue weighted by Gasteiger charge is -2.11. The molecule has 0 aliphatic heterocycles. The molecule has 0 N–H and O–H groups in total. The highest BCUT2D eigenvalue weighted by molar-refractivity contribution is 6.11. The van der Waals surface area contributed by atoms with E-state index in [-0.39, 0.29) is 53.7 Å². The number of fused-ring (bicyclic) bond motifs is 5. The summed E-state index contributed by atoms with van der Waals surface area (Å²) in [5.74, 6) is 0.968. The van der Waals surface area contributed by atoms with E-state index in [1.807, 2.05) is 66.7 Å². The zero-order valence-corrected chi connectivity index (χ0v) is 23.6. The van der Waals surface area contributed by atoms with Crippen molar-refractivity contribution in [3.8, 4) is 45.3 Å². The zero-order valence-electron chi connectivity index (χ0n) is 31.6. The lowest BCUT2D eigenvalue weighted by Crippen LogP contribution is -2.00. The lowest BCUT2D eigenvalue weighted by molar-refractivity contribution is 0.669. The smallest absolute Gasteiger partial charge is 0.164 e. The highest BCUT2D eigenvalue weighted by Gasteiger charge is 2.18. The minimum Gasteiger partial charge on any atom is -0.456 e. The van der Waals surface area contributed by atoms with E-state index in [4.69, 9.17) is 30.3 Å². The second kappa shape index (κ2) is 10.2. The normalized spacial score (nSPS) is 14.0. The summed E-state index contributed by atoms with van der Waals surface area (Å²) >= 11 is 0. The molecule has 0 amide bonds. The van der Waals surface area contributed by atoms with Gasteiger partial charge >= 0.3 is 0 Å². The molecule has 0 fully saturated rings. The summed E-state index contributed by atoms with van der Waals surface area (Å²) in [5, 5.41) is 4.71. The van der Waals surface area contributed by atoms with E-state index in [1.54, 1.807) is 30.3 Å². The van der Waals surface area contributed by atoms with Gasteiger partial charge in [-0.05, 0) is 63.0 Å². The van der Waals surface area contributed by atoms with Crippen molar-refractivity contribution in [2.24, 2.45) is 0 Å². The minimum atomic E-state index is -0.439. The number of hydrogen-bond donors (Lipinski definition) is 0. The third-order valence-corrected chi connectivity index (χ3v) is 7.95. The van der Waals surface area contributed by atoms with Gasteiger partial charge in [-0.15, -0.1) is 0 Å². The van der Waals surface area contributed by atoms with Gasteiger partial charge in [0.2, 0.25) is 0 Å². The van der Waals surface area contributed by atoms with Crippen LogP contribution in [0.3, 0.4) is 0 Å². The number of rotatable bonds is 4. The molecule has 0 spiro atoms. The SMILES string of the molecule is [2H]c1cc([2H])c2oc3ccc([2H])c(-c4nc(-c5ccc6ccccc6c5)nc(-c5ccc6cc(-c7c([2H])c([2H])c([2H])c([2H])c7[2H])ccc6c5)n4)c3c2c1. The Balaban J connectivity index is 1.25. The first-order valence-electron chi connectivity index (χ1n) is 18.4. The molecule has 2 aromatic heterocycles. The van der Waals surface area contributed by atoms with Crippen LogP contribution in [0.2, 0.25) is 0 Å². The lowest BCUT2D eigenvalue weighted by atomic mass is 10.00. The summed E-state index contributed by atoms with van der Waals surface area (Å²) in [7, 11) is 0. The molecular weight excluding hydrogens is 550 g/mol. The molecule has 0 bridgehead atoms. The molecule has 0 unspecified atom stereocenters. The van der Waals surface area contributed by atoms with Crippen molar-refractivity contribution >= 4 is 43.5 Å². The van der Waals surface area contributed by atoms with Crippen molar-refractivity contribution in [1.29, 1.82) is 0 Å². The van der Waals surface area contributed by atoms with Crippen LogP contribution in [0.4, 0.5) is 0 Å². The first-order valence-corrected chi connectivity index (χ1v) is 14.4. The van der Waals surface area contributed by atoms with Crippen LogP contribution < -0.4 is 0 Å². The van der Waals surface area contributed by atoms with Gasteiger partial charge < -0.3 is 4.42 Å². The predicted molar refractivity (Wildman–Crippen MR) is 184 cm³/mol. The maximum atomic E-state index is 9.04.